The summed E-state index contributed by atoms with van der Waals surface area (Å²) in [6.45, 7) is 8.62. The molecule has 0 bridgehead atoms. The number of aromatic amines is 1. The predicted molar refractivity (Wildman–Crippen MR) is 148 cm³/mol. The molecule has 0 aliphatic heterocycles. The highest BCUT2D eigenvalue weighted by molar-refractivity contribution is 8.05. The Labute approximate surface area is 212 Å². The number of carbonyl (C=O) groups is 1. The fourth-order valence-electron chi connectivity index (χ4n) is 3.39. The van der Waals surface area contributed by atoms with Crippen LogP contribution in [0.2, 0.25) is 0 Å². The van der Waals surface area contributed by atoms with Crippen LogP contribution in [0, 0.1) is 0 Å². The molecular formula is C28H34N4O2S. The highest BCUT2D eigenvalue weighted by Gasteiger charge is 2.21. The molecule has 0 saturated carbocycles. The molecule has 0 spiro atoms. The molecule has 2 N–H and O–H groups in total. The summed E-state index contributed by atoms with van der Waals surface area (Å²) in [6.07, 6.45) is 2.80. The third-order valence-corrected chi connectivity index (χ3v) is 6.57. The van der Waals surface area contributed by atoms with Crippen LogP contribution in [0.5, 0.6) is 5.75 Å². The first-order chi connectivity index (χ1) is 16.9. The molecule has 0 atom stereocenters. The summed E-state index contributed by atoms with van der Waals surface area (Å²) in [5.41, 5.74) is 4.93. The number of aromatic nitrogens is 2. The van der Waals surface area contributed by atoms with Crippen molar-refractivity contribution in [2.75, 3.05) is 25.6 Å². The maximum absolute atomic E-state index is 13.5. The molecule has 0 saturated heterocycles. The minimum absolute atomic E-state index is 0.226. The Morgan fingerprint density at radius 1 is 1.14 bits per heavy atom. The Morgan fingerprint density at radius 3 is 2.51 bits per heavy atom. The van der Waals surface area contributed by atoms with E-state index in [1.807, 2.05) is 93.7 Å². The van der Waals surface area contributed by atoms with Crippen molar-refractivity contribution < 1.29 is 9.53 Å². The number of hydrogen-bond acceptors (Lipinski definition) is 5. The first kappa shape index (κ1) is 26.2. The van der Waals surface area contributed by atoms with E-state index >= 15 is 0 Å². The van der Waals surface area contributed by atoms with Crippen LogP contribution < -0.4 is 15.0 Å². The van der Waals surface area contributed by atoms with E-state index in [1.54, 1.807) is 0 Å². The molecule has 1 aromatic heterocycles. The maximum Gasteiger partial charge on any atom is 0.274 e. The van der Waals surface area contributed by atoms with Crippen LogP contribution >= 0.6 is 11.8 Å². The molecule has 7 heteroatoms. The van der Waals surface area contributed by atoms with Crippen molar-refractivity contribution in [2.24, 2.45) is 0 Å². The van der Waals surface area contributed by atoms with Gasteiger partial charge in [0, 0.05) is 30.9 Å². The van der Waals surface area contributed by atoms with Crippen molar-refractivity contribution in [3.63, 3.8) is 0 Å². The van der Waals surface area contributed by atoms with Gasteiger partial charge in [-0.05, 0) is 74.6 Å². The summed E-state index contributed by atoms with van der Waals surface area (Å²) < 4.78 is 5.59. The van der Waals surface area contributed by atoms with Crippen LogP contribution in [-0.4, -0.2) is 36.6 Å². The van der Waals surface area contributed by atoms with Gasteiger partial charge in [-0.3, -0.25) is 4.79 Å². The van der Waals surface area contributed by atoms with Crippen LogP contribution in [0.15, 0.2) is 70.6 Å². The van der Waals surface area contributed by atoms with Gasteiger partial charge in [0.25, 0.3) is 5.91 Å². The number of allylic oxidation sites excluding steroid dienone is 2. The molecule has 0 aliphatic carbocycles. The SMILES string of the molecule is C/C=C\SC(NC(=O)c1[nH]c(-c2cccc(N(C)C)c2)nc1-c1ccc(OCC)cc1)=C(C)CC. The Hall–Kier alpha value is -3.45. The third-order valence-electron chi connectivity index (χ3n) is 5.47. The van der Waals surface area contributed by atoms with Crippen molar-refractivity contribution in [3.8, 4) is 28.4 Å². The second-order valence-electron chi connectivity index (χ2n) is 8.22. The van der Waals surface area contributed by atoms with E-state index in [0.29, 0.717) is 23.8 Å². The van der Waals surface area contributed by atoms with Crippen LogP contribution in [-0.2, 0) is 0 Å². The average Bonchev–Trinajstić information content (AvgIpc) is 3.32. The molecule has 184 valence electrons. The summed E-state index contributed by atoms with van der Waals surface area (Å²) in [5, 5.41) is 5.90. The lowest BCUT2D eigenvalue weighted by Gasteiger charge is -2.12. The van der Waals surface area contributed by atoms with E-state index in [9.17, 15) is 4.79 Å². The predicted octanol–water partition coefficient (Wildman–Crippen LogP) is 6.85. The monoisotopic (exact) mass is 490 g/mol. The highest BCUT2D eigenvalue weighted by Crippen LogP contribution is 2.30. The molecule has 3 rings (SSSR count). The number of nitrogens with zero attached hydrogens (tertiary/aromatic N) is 2. The van der Waals surface area contributed by atoms with Gasteiger partial charge in [-0.2, -0.15) is 0 Å². The number of ether oxygens (including phenoxy) is 1. The zero-order chi connectivity index (χ0) is 25.4. The first-order valence-electron chi connectivity index (χ1n) is 11.8. The molecule has 1 amide bonds. The zero-order valence-electron chi connectivity index (χ0n) is 21.3. The molecule has 3 aromatic rings. The van der Waals surface area contributed by atoms with Gasteiger partial charge in [0.05, 0.1) is 11.6 Å². The number of nitrogens with one attached hydrogen (secondary N) is 2. The van der Waals surface area contributed by atoms with Crippen LogP contribution in [0.25, 0.3) is 22.6 Å². The third kappa shape index (κ3) is 6.57. The largest absolute Gasteiger partial charge is 0.494 e. The molecule has 0 unspecified atom stereocenters. The van der Waals surface area contributed by atoms with Crippen molar-refractivity contribution in [1.29, 1.82) is 0 Å². The van der Waals surface area contributed by atoms with Gasteiger partial charge in [0.15, 0.2) is 0 Å². The standard InChI is InChI=1S/C28H34N4O2S/c1-7-17-35-28(19(4)8-2)31-27(33)25-24(20-13-15-23(16-14-20)34-9-3)29-26(30-25)21-11-10-12-22(18-21)32(5)6/h7,10-18H,8-9H2,1-6H3,(H,29,30)(H,31,33)/b17-7-,28-19?. The lowest BCUT2D eigenvalue weighted by atomic mass is 10.1. The van der Waals surface area contributed by atoms with Crippen molar-refractivity contribution >= 4 is 23.4 Å². The van der Waals surface area contributed by atoms with Gasteiger partial charge in [0.1, 0.15) is 23.0 Å². The van der Waals surface area contributed by atoms with Gasteiger partial charge in [-0.1, -0.05) is 36.9 Å². The van der Waals surface area contributed by atoms with E-state index in [-0.39, 0.29) is 5.91 Å². The van der Waals surface area contributed by atoms with Gasteiger partial charge >= 0.3 is 0 Å². The fraction of sp³-hybridized carbons (Fsp3) is 0.286. The van der Waals surface area contributed by atoms with E-state index < -0.39 is 0 Å². The molecule has 0 fully saturated rings. The quantitative estimate of drug-likeness (QED) is 0.325. The molecule has 0 aliphatic rings. The number of H-pyrrole nitrogens is 1. The number of anilines is 1. The zero-order valence-corrected chi connectivity index (χ0v) is 22.1. The van der Waals surface area contributed by atoms with E-state index in [1.165, 1.54) is 11.8 Å². The van der Waals surface area contributed by atoms with Crippen molar-refractivity contribution in [2.45, 2.75) is 34.1 Å². The molecule has 2 aromatic carbocycles. The number of imidazole rings is 1. The number of rotatable bonds is 10. The number of thioether (sulfide) groups is 1. The smallest absolute Gasteiger partial charge is 0.274 e. The maximum atomic E-state index is 13.5. The minimum Gasteiger partial charge on any atom is -0.494 e. The van der Waals surface area contributed by atoms with E-state index in [4.69, 9.17) is 9.72 Å². The van der Waals surface area contributed by atoms with E-state index in [2.05, 4.69) is 23.3 Å². The molecule has 35 heavy (non-hydrogen) atoms. The Morgan fingerprint density at radius 2 is 1.89 bits per heavy atom. The molecule has 1 heterocycles. The Balaban J connectivity index is 2.07. The number of hydrogen-bond donors (Lipinski definition) is 2. The Bertz CT molecular complexity index is 1210. The lowest BCUT2D eigenvalue weighted by Crippen LogP contribution is -2.23. The fourth-order valence-corrected chi connectivity index (χ4v) is 4.16. The Kier molecular flexibility index (Phi) is 9.20. The molecular weight excluding hydrogens is 456 g/mol. The normalized spacial score (nSPS) is 11.9. The molecule has 0 radical (unpaired) electrons. The summed E-state index contributed by atoms with van der Waals surface area (Å²) in [5.74, 6) is 1.20. The topological polar surface area (TPSA) is 70.2 Å². The van der Waals surface area contributed by atoms with Gasteiger partial charge < -0.3 is 19.9 Å². The number of benzene rings is 2. The lowest BCUT2D eigenvalue weighted by molar-refractivity contribution is 0.0964. The summed E-state index contributed by atoms with van der Waals surface area (Å²) in [4.78, 5) is 23.7. The summed E-state index contributed by atoms with van der Waals surface area (Å²) >= 11 is 1.51. The second-order valence-corrected chi connectivity index (χ2v) is 9.13. The number of carbonyl (C=O) groups excluding carboxylic acids is 1. The van der Waals surface area contributed by atoms with Crippen LogP contribution in [0.4, 0.5) is 5.69 Å². The van der Waals surface area contributed by atoms with Gasteiger partial charge in [-0.25, -0.2) is 4.98 Å². The minimum atomic E-state index is -0.226. The van der Waals surface area contributed by atoms with Crippen LogP contribution in [0.3, 0.4) is 0 Å². The van der Waals surface area contributed by atoms with Crippen molar-refractivity contribution in [1.82, 2.24) is 15.3 Å². The summed E-state index contributed by atoms with van der Waals surface area (Å²) in [6, 6.07) is 15.7. The summed E-state index contributed by atoms with van der Waals surface area (Å²) in [7, 11) is 4.00. The first-order valence-corrected chi connectivity index (χ1v) is 12.7. The van der Waals surface area contributed by atoms with E-state index in [0.717, 1.165) is 39.6 Å². The van der Waals surface area contributed by atoms with Crippen LogP contribution in [0.1, 0.15) is 44.6 Å². The highest BCUT2D eigenvalue weighted by atomic mass is 32.2. The van der Waals surface area contributed by atoms with Gasteiger partial charge in [-0.15, -0.1) is 0 Å². The van der Waals surface area contributed by atoms with Gasteiger partial charge in [0.2, 0.25) is 0 Å². The van der Waals surface area contributed by atoms with Crippen molar-refractivity contribution in [3.05, 3.63) is 76.3 Å². The average molecular weight is 491 g/mol. The second kappa shape index (κ2) is 12.3. The number of amides is 1. The molecule has 6 nitrogen and oxygen atoms in total.